The molecule has 0 saturated heterocycles. The second-order valence-electron chi connectivity index (χ2n) is 4.40. The van der Waals surface area contributed by atoms with Crippen LogP contribution in [0.1, 0.15) is 17.3 Å². The van der Waals surface area contributed by atoms with Crippen molar-refractivity contribution in [1.29, 1.82) is 0 Å². The lowest BCUT2D eigenvalue weighted by Crippen LogP contribution is -2.33. The van der Waals surface area contributed by atoms with E-state index in [9.17, 15) is 9.59 Å². The van der Waals surface area contributed by atoms with Gasteiger partial charge in [-0.25, -0.2) is 9.59 Å². The minimum Gasteiger partial charge on any atom is -0.478 e. The molecule has 0 heterocycles. The van der Waals surface area contributed by atoms with Crippen molar-refractivity contribution in [1.82, 2.24) is 5.32 Å². The van der Waals surface area contributed by atoms with Crippen molar-refractivity contribution in [3.63, 3.8) is 0 Å². The lowest BCUT2D eigenvalue weighted by molar-refractivity contribution is 0.0697. The van der Waals surface area contributed by atoms with Crippen LogP contribution in [0.4, 0.5) is 10.5 Å². The number of carboxylic acids is 1. The van der Waals surface area contributed by atoms with Crippen molar-refractivity contribution in [2.45, 2.75) is 6.92 Å². The Morgan fingerprint density at radius 2 is 2.15 bits per heavy atom. The molecule has 2 amide bonds. The van der Waals surface area contributed by atoms with Crippen molar-refractivity contribution in [2.24, 2.45) is 5.92 Å². The molecule has 0 spiro atoms. The number of urea groups is 1. The number of carboxylic acid groups (broad SMARTS) is 1. The van der Waals surface area contributed by atoms with E-state index in [-0.39, 0.29) is 11.5 Å². The van der Waals surface area contributed by atoms with Crippen molar-refractivity contribution in [3.8, 4) is 0 Å². The maximum atomic E-state index is 11.7. The molecule has 0 aromatic heterocycles. The second kappa shape index (κ2) is 7.86. The summed E-state index contributed by atoms with van der Waals surface area (Å²) in [5.41, 5.74) is 0.512. The van der Waals surface area contributed by atoms with Gasteiger partial charge < -0.3 is 20.5 Å². The molecule has 1 atom stereocenters. The Morgan fingerprint density at radius 3 is 2.75 bits per heavy atom. The van der Waals surface area contributed by atoms with Gasteiger partial charge in [0.05, 0.1) is 17.9 Å². The van der Waals surface area contributed by atoms with Crippen LogP contribution in [-0.2, 0) is 4.74 Å². The quantitative estimate of drug-likeness (QED) is 0.739. The van der Waals surface area contributed by atoms with Crippen molar-refractivity contribution < 1.29 is 19.4 Å². The molecule has 0 fully saturated rings. The van der Waals surface area contributed by atoms with Gasteiger partial charge in [0, 0.05) is 18.1 Å². The largest absolute Gasteiger partial charge is 0.478 e. The second-order valence-corrected chi connectivity index (χ2v) is 5.25. The zero-order valence-corrected chi connectivity index (χ0v) is 12.9. The third kappa shape index (κ3) is 5.18. The Labute approximate surface area is 125 Å². The molecule has 0 bridgehead atoms. The SMILES string of the molecule is COCC(C)CNC(=O)Nc1cc(C(=O)O)ccc1Br. The normalized spacial score (nSPS) is 11.8. The number of halogens is 1. The molecule has 3 N–H and O–H groups in total. The first-order valence-electron chi connectivity index (χ1n) is 6.00. The third-order valence-corrected chi connectivity index (χ3v) is 3.22. The van der Waals surface area contributed by atoms with Crippen LogP contribution in [0.2, 0.25) is 0 Å². The molecule has 0 radical (unpaired) electrons. The number of anilines is 1. The molecule has 6 nitrogen and oxygen atoms in total. The number of carbonyl (C=O) groups is 2. The number of carbonyl (C=O) groups excluding carboxylic acids is 1. The van der Waals surface area contributed by atoms with Gasteiger partial charge in [-0.15, -0.1) is 0 Å². The number of rotatable bonds is 6. The van der Waals surface area contributed by atoms with Crippen LogP contribution < -0.4 is 10.6 Å². The maximum Gasteiger partial charge on any atom is 0.335 e. The summed E-state index contributed by atoms with van der Waals surface area (Å²) in [6.07, 6.45) is 0. The molecular formula is C13H17BrN2O4. The van der Waals surface area contributed by atoms with Gasteiger partial charge in [0.2, 0.25) is 0 Å². The predicted octanol–water partition coefficient (Wildman–Crippen LogP) is 2.55. The molecule has 0 aliphatic heterocycles. The molecule has 0 saturated carbocycles. The van der Waals surface area contributed by atoms with Gasteiger partial charge in [-0.1, -0.05) is 6.92 Å². The number of ether oxygens (including phenoxy) is 1. The lowest BCUT2D eigenvalue weighted by Gasteiger charge is -2.13. The molecule has 0 aliphatic carbocycles. The van der Waals surface area contributed by atoms with Gasteiger partial charge in [0.15, 0.2) is 0 Å². The van der Waals surface area contributed by atoms with Gasteiger partial charge in [0.25, 0.3) is 0 Å². The van der Waals surface area contributed by atoms with E-state index in [4.69, 9.17) is 9.84 Å². The highest BCUT2D eigenvalue weighted by Crippen LogP contribution is 2.23. The summed E-state index contributed by atoms with van der Waals surface area (Å²) in [6.45, 7) is 2.97. The van der Waals surface area contributed by atoms with E-state index < -0.39 is 12.0 Å². The summed E-state index contributed by atoms with van der Waals surface area (Å²) >= 11 is 3.26. The highest BCUT2D eigenvalue weighted by molar-refractivity contribution is 9.10. The fourth-order valence-corrected chi connectivity index (χ4v) is 1.88. The summed E-state index contributed by atoms with van der Waals surface area (Å²) < 4.78 is 5.58. The van der Waals surface area contributed by atoms with Gasteiger partial charge in [0.1, 0.15) is 0 Å². The van der Waals surface area contributed by atoms with Crippen LogP contribution in [0.15, 0.2) is 22.7 Å². The van der Waals surface area contributed by atoms with E-state index in [0.29, 0.717) is 23.3 Å². The predicted molar refractivity (Wildman–Crippen MR) is 79.2 cm³/mol. The van der Waals surface area contributed by atoms with Gasteiger partial charge in [-0.05, 0) is 40.0 Å². The molecule has 1 unspecified atom stereocenters. The first-order chi connectivity index (χ1) is 9.43. The Bertz CT molecular complexity index is 493. The van der Waals surface area contributed by atoms with Gasteiger partial charge >= 0.3 is 12.0 Å². The van der Waals surface area contributed by atoms with Crippen molar-refractivity contribution in [3.05, 3.63) is 28.2 Å². The highest BCUT2D eigenvalue weighted by atomic mass is 79.9. The minimum atomic E-state index is -1.05. The van der Waals surface area contributed by atoms with Crippen LogP contribution in [0.5, 0.6) is 0 Å². The van der Waals surface area contributed by atoms with Crippen LogP contribution in [0.3, 0.4) is 0 Å². The molecular weight excluding hydrogens is 328 g/mol. The highest BCUT2D eigenvalue weighted by Gasteiger charge is 2.10. The van der Waals surface area contributed by atoms with E-state index in [0.717, 1.165) is 0 Å². The average Bonchev–Trinajstić information content (AvgIpc) is 2.39. The van der Waals surface area contributed by atoms with E-state index in [1.54, 1.807) is 13.2 Å². The van der Waals surface area contributed by atoms with Crippen LogP contribution in [0, 0.1) is 5.92 Å². The number of nitrogens with one attached hydrogen (secondary N) is 2. The van der Waals surface area contributed by atoms with Crippen molar-refractivity contribution in [2.75, 3.05) is 25.6 Å². The van der Waals surface area contributed by atoms with Crippen LogP contribution in [0.25, 0.3) is 0 Å². The fraction of sp³-hybridized carbons (Fsp3) is 0.385. The summed E-state index contributed by atoms with van der Waals surface area (Å²) in [5.74, 6) is -0.853. The van der Waals surface area contributed by atoms with Gasteiger partial charge in [-0.2, -0.15) is 0 Å². The number of amides is 2. The van der Waals surface area contributed by atoms with Crippen LogP contribution >= 0.6 is 15.9 Å². The Balaban J connectivity index is 2.61. The average molecular weight is 345 g/mol. The summed E-state index contributed by atoms with van der Waals surface area (Å²) in [6, 6.07) is 4.03. The lowest BCUT2D eigenvalue weighted by atomic mass is 10.2. The standard InChI is InChI=1S/C13H17BrN2O4/c1-8(7-20-2)6-15-13(19)16-11-5-9(12(17)18)3-4-10(11)14/h3-5,8H,6-7H2,1-2H3,(H,17,18)(H2,15,16,19). The van der Waals surface area contributed by atoms with Crippen LogP contribution in [-0.4, -0.2) is 37.4 Å². The van der Waals surface area contributed by atoms with E-state index in [1.165, 1.54) is 12.1 Å². The third-order valence-electron chi connectivity index (χ3n) is 2.52. The monoisotopic (exact) mass is 344 g/mol. The summed E-state index contributed by atoms with van der Waals surface area (Å²) in [4.78, 5) is 22.6. The number of hydrogen-bond acceptors (Lipinski definition) is 3. The zero-order valence-electron chi connectivity index (χ0n) is 11.3. The Hall–Kier alpha value is -1.60. The summed E-state index contributed by atoms with van der Waals surface area (Å²) in [7, 11) is 1.60. The number of hydrogen-bond donors (Lipinski definition) is 3. The molecule has 110 valence electrons. The minimum absolute atomic E-state index is 0.108. The molecule has 20 heavy (non-hydrogen) atoms. The molecule has 1 rings (SSSR count). The number of aromatic carboxylic acids is 1. The summed E-state index contributed by atoms with van der Waals surface area (Å²) in [5, 5.41) is 14.2. The molecule has 7 heteroatoms. The fourth-order valence-electron chi connectivity index (χ4n) is 1.53. The van der Waals surface area contributed by atoms with Crippen molar-refractivity contribution >= 4 is 33.6 Å². The molecule has 1 aromatic rings. The molecule has 1 aromatic carbocycles. The Kier molecular flexibility index (Phi) is 6.47. The van der Waals surface area contributed by atoms with Gasteiger partial charge in [-0.3, -0.25) is 0 Å². The molecule has 0 aliphatic rings. The maximum absolute atomic E-state index is 11.7. The zero-order chi connectivity index (χ0) is 15.1. The van der Waals surface area contributed by atoms with E-state index in [1.807, 2.05) is 6.92 Å². The van der Waals surface area contributed by atoms with E-state index in [2.05, 4.69) is 26.6 Å². The smallest absolute Gasteiger partial charge is 0.335 e. The van der Waals surface area contributed by atoms with E-state index >= 15 is 0 Å². The first-order valence-corrected chi connectivity index (χ1v) is 6.80. The number of methoxy groups -OCH3 is 1. The first kappa shape index (κ1) is 16.5. The Morgan fingerprint density at radius 1 is 1.45 bits per heavy atom. The number of benzene rings is 1. The topological polar surface area (TPSA) is 87.7 Å².